The molecule has 0 saturated heterocycles. The summed E-state index contributed by atoms with van der Waals surface area (Å²) < 4.78 is 0. The van der Waals surface area contributed by atoms with Gasteiger partial charge in [0.25, 0.3) is 5.56 Å². The predicted molar refractivity (Wildman–Crippen MR) is 83.5 cm³/mol. The van der Waals surface area contributed by atoms with Crippen LogP contribution in [0, 0.1) is 0 Å². The van der Waals surface area contributed by atoms with Gasteiger partial charge < -0.3 is 15.7 Å². The second kappa shape index (κ2) is 5.61. The van der Waals surface area contributed by atoms with Gasteiger partial charge in [0.2, 0.25) is 0 Å². The highest BCUT2D eigenvalue weighted by Crippen LogP contribution is 2.25. The largest absolute Gasteiger partial charge is 0.399 e. The van der Waals surface area contributed by atoms with Gasteiger partial charge in [0.1, 0.15) is 0 Å². The van der Waals surface area contributed by atoms with Crippen molar-refractivity contribution >= 4 is 28.5 Å². The number of rotatable bonds is 4. The van der Waals surface area contributed by atoms with Gasteiger partial charge in [-0.3, -0.25) is 4.79 Å². The van der Waals surface area contributed by atoms with Crippen molar-refractivity contribution in [3.05, 3.63) is 40.3 Å². The molecule has 0 aliphatic heterocycles. The van der Waals surface area contributed by atoms with Gasteiger partial charge in [-0.1, -0.05) is 13.3 Å². The number of nitrogens with zero attached hydrogens (tertiary/aromatic N) is 2. The Morgan fingerprint density at radius 1 is 1.19 bits per heavy atom. The first kappa shape index (κ1) is 13.7. The number of hydrogen-bond donors (Lipinski definition) is 3. The molecular weight excluding hydrogens is 286 g/mol. The molecule has 4 N–H and O–H groups in total. The molecule has 3 aromatic rings. The fourth-order valence-corrected chi connectivity index (χ4v) is 2.86. The van der Waals surface area contributed by atoms with Crippen LogP contribution in [0.4, 0.5) is 5.69 Å². The molecule has 0 amide bonds. The topological polar surface area (TPSA) is 100 Å². The van der Waals surface area contributed by atoms with E-state index in [-0.39, 0.29) is 5.56 Å². The molecule has 21 heavy (non-hydrogen) atoms. The van der Waals surface area contributed by atoms with Crippen molar-refractivity contribution in [3.8, 4) is 0 Å². The Kier molecular flexibility index (Phi) is 3.66. The van der Waals surface area contributed by atoms with E-state index >= 15 is 0 Å². The van der Waals surface area contributed by atoms with E-state index in [4.69, 9.17) is 5.73 Å². The molecule has 0 aliphatic carbocycles. The fourth-order valence-electron chi connectivity index (χ4n) is 2.06. The third-order valence-corrected chi connectivity index (χ3v) is 3.73. The summed E-state index contributed by atoms with van der Waals surface area (Å²) in [5.74, 6) is 0. The summed E-state index contributed by atoms with van der Waals surface area (Å²) in [5.41, 5.74) is 8.77. The first-order chi connectivity index (χ1) is 10.1. The lowest BCUT2D eigenvalue weighted by Gasteiger charge is -2.00. The van der Waals surface area contributed by atoms with Gasteiger partial charge in [0, 0.05) is 17.4 Å². The number of nitrogens with two attached hydrogens (primary N) is 1. The number of anilines is 1. The number of fused-ring (bicyclic) bond motifs is 1. The quantitative estimate of drug-likeness (QED) is 0.507. The molecule has 108 valence electrons. The second-order valence-electron chi connectivity index (χ2n) is 4.71. The Morgan fingerprint density at radius 3 is 2.81 bits per heavy atom. The molecule has 0 fully saturated rings. The highest BCUT2D eigenvalue weighted by Gasteiger charge is 2.08. The van der Waals surface area contributed by atoms with Gasteiger partial charge in [-0.2, -0.15) is 0 Å². The van der Waals surface area contributed by atoms with Gasteiger partial charge in [-0.05, 0) is 36.4 Å². The maximum absolute atomic E-state index is 11.6. The number of nitrogens with one attached hydrogen (secondary N) is 2. The van der Waals surface area contributed by atoms with Gasteiger partial charge in [-0.15, -0.1) is 0 Å². The molecule has 0 aliphatic rings. The number of aryl methyl sites for hydroxylation is 1. The maximum Gasteiger partial charge on any atom is 0.251 e. The summed E-state index contributed by atoms with van der Waals surface area (Å²) >= 11 is 1.30. The predicted octanol–water partition coefficient (Wildman–Crippen LogP) is 2.33. The molecule has 0 saturated carbocycles. The van der Waals surface area contributed by atoms with E-state index in [1.54, 1.807) is 6.07 Å². The molecule has 0 unspecified atom stereocenters. The fraction of sp³-hybridized carbons (Fsp3) is 0.214. The smallest absolute Gasteiger partial charge is 0.251 e. The summed E-state index contributed by atoms with van der Waals surface area (Å²) in [6, 6.07) is 7.03. The summed E-state index contributed by atoms with van der Waals surface area (Å²) in [4.78, 5) is 26.4. The lowest BCUT2D eigenvalue weighted by atomic mass is 10.2. The van der Waals surface area contributed by atoms with Crippen LogP contribution in [-0.2, 0) is 6.42 Å². The first-order valence-electron chi connectivity index (χ1n) is 6.67. The molecule has 0 radical (unpaired) electrons. The van der Waals surface area contributed by atoms with Crippen molar-refractivity contribution in [3.63, 3.8) is 0 Å². The molecule has 2 aromatic heterocycles. The van der Waals surface area contributed by atoms with Crippen LogP contribution in [0.3, 0.4) is 0 Å². The van der Waals surface area contributed by atoms with E-state index < -0.39 is 0 Å². The molecule has 6 nitrogen and oxygen atoms in total. The van der Waals surface area contributed by atoms with Crippen LogP contribution in [0.25, 0.3) is 11.0 Å². The Morgan fingerprint density at radius 2 is 2.00 bits per heavy atom. The van der Waals surface area contributed by atoms with Crippen LogP contribution in [0.1, 0.15) is 19.0 Å². The van der Waals surface area contributed by atoms with Crippen LogP contribution in [0.2, 0.25) is 0 Å². The monoisotopic (exact) mass is 301 g/mol. The Balaban J connectivity index is 1.92. The third kappa shape index (κ3) is 3.08. The van der Waals surface area contributed by atoms with Gasteiger partial charge in [-0.25, -0.2) is 9.97 Å². The minimum absolute atomic E-state index is 0.142. The van der Waals surface area contributed by atoms with E-state index in [9.17, 15) is 4.79 Å². The zero-order chi connectivity index (χ0) is 14.8. The Bertz CT molecular complexity index is 839. The number of benzene rings is 1. The van der Waals surface area contributed by atoms with Crippen LogP contribution in [0.5, 0.6) is 0 Å². The van der Waals surface area contributed by atoms with E-state index in [0.29, 0.717) is 16.0 Å². The number of imidazole rings is 1. The minimum Gasteiger partial charge on any atom is -0.399 e. The average molecular weight is 301 g/mol. The number of hydrogen-bond acceptors (Lipinski definition) is 5. The molecular formula is C14H15N5OS. The SMILES string of the molecule is CCCc1cc(=O)[nH]c(Sc2nc3ccc(N)cc3[nH]2)n1. The van der Waals surface area contributed by atoms with Crippen LogP contribution < -0.4 is 11.3 Å². The van der Waals surface area contributed by atoms with Crippen LogP contribution in [0.15, 0.2) is 39.4 Å². The van der Waals surface area contributed by atoms with Gasteiger partial charge in [0.05, 0.1) is 11.0 Å². The molecule has 0 atom stereocenters. The molecule has 0 bridgehead atoms. The molecule has 2 heterocycles. The maximum atomic E-state index is 11.6. The summed E-state index contributed by atoms with van der Waals surface area (Å²) in [6.07, 6.45) is 1.73. The second-order valence-corrected chi connectivity index (χ2v) is 5.69. The number of nitrogen functional groups attached to an aromatic ring is 1. The normalized spacial score (nSPS) is 11.1. The van der Waals surface area contributed by atoms with E-state index in [1.807, 2.05) is 12.1 Å². The lowest BCUT2D eigenvalue weighted by Crippen LogP contribution is -2.09. The lowest BCUT2D eigenvalue weighted by molar-refractivity contribution is 0.814. The van der Waals surface area contributed by atoms with Crippen LogP contribution >= 0.6 is 11.8 Å². The van der Waals surface area contributed by atoms with Crippen molar-refractivity contribution in [2.75, 3.05) is 5.73 Å². The van der Waals surface area contributed by atoms with Crippen molar-refractivity contribution in [2.45, 2.75) is 30.1 Å². The Hall–Kier alpha value is -2.28. The Labute approximate surface area is 125 Å². The van der Waals surface area contributed by atoms with Crippen LogP contribution in [-0.4, -0.2) is 19.9 Å². The minimum atomic E-state index is -0.142. The van der Waals surface area contributed by atoms with Crippen molar-refractivity contribution in [2.24, 2.45) is 0 Å². The zero-order valence-electron chi connectivity index (χ0n) is 11.5. The molecule has 0 spiro atoms. The third-order valence-electron chi connectivity index (χ3n) is 2.96. The van der Waals surface area contributed by atoms with Gasteiger partial charge in [0.15, 0.2) is 10.3 Å². The number of H-pyrrole nitrogens is 2. The highest BCUT2D eigenvalue weighted by molar-refractivity contribution is 7.99. The van der Waals surface area contributed by atoms with Gasteiger partial charge >= 0.3 is 0 Å². The first-order valence-corrected chi connectivity index (χ1v) is 7.49. The number of aromatic nitrogens is 4. The van der Waals surface area contributed by atoms with Crippen molar-refractivity contribution in [1.82, 2.24) is 19.9 Å². The van der Waals surface area contributed by atoms with E-state index in [1.165, 1.54) is 17.8 Å². The number of aromatic amines is 2. The summed E-state index contributed by atoms with van der Waals surface area (Å²) in [7, 11) is 0. The van der Waals surface area contributed by atoms with Crippen molar-refractivity contribution < 1.29 is 0 Å². The molecule has 7 heteroatoms. The summed E-state index contributed by atoms with van der Waals surface area (Å²) in [5, 5.41) is 1.21. The molecule has 1 aromatic carbocycles. The van der Waals surface area contributed by atoms with E-state index in [2.05, 4.69) is 26.9 Å². The van der Waals surface area contributed by atoms with Crippen molar-refractivity contribution in [1.29, 1.82) is 0 Å². The van der Waals surface area contributed by atoms with E-state index in [0.717, 1.165) is 29.6 Å². The summed E-state index contributed by atoms with van der Waals surface area (Å²) in [6.45, 7) is 2.05. The highest BCUT2D eigenvalue weighted by atomic mass is 32.2. The standard InChI is InChI=1S/C14H15N5OS/c1-2-3-9-7-12(20)19-13(16-9)21-14-17-10-5-4-8(15)6-11(10)18-14/h4-7H,2-3,15H2,1H3,(H,17,18)(H,16,19,20). The molecule has 3 rings (SSSR count). The zero-order valence-corrected chi connectivity index (χ0v) is 12.3. The average Bonchev–Trinajstić information content (AvgIpc) is 2.79.